The molecular formula is C16H32IN5O2. The molecule has 8 heteroatoms. The molecular weight excluding hydrogens is 421 g/mol. The number of nitrogens with zero attached hydrogens (tertiary/aromatic N) is 2. The van der Waals surface area contributed by atoms with Crippen LogP contribution in [0, 0.1) is 5.92 Å². The third-order valence-corrected chi connectivity index (χ3v) is 3.89. The molecule has 0 saturated heterocycles. The van der Waals surface area contributed by atoms with E-state index in [9.17, 15) is 9.59 Å². The molecule has 7 nitrogen and oxygen atoms in total. The highest BCUT2D eigenvalue weighted by Crippen LogP contribution is 2.25. The molecule has 2 atom stereocenters. The van der Waals surface area contributed by atoms with Gasteiger partial charge in [-0.05, 0) is 33.1 Å². The van der Waals surface area contributed by atoms with Crippen LogP contribution >= 0.6 is 24.0 Å². The zero-order valence-corrected chi connectivity index (χ0v) is 17.7. The third kappa shape index (κ3) is 8.16. The summed E-state index contributed by atoms with van der Waals surface area (Å²) >= 11 is 0. The fraction of sp³-hybridized carbons (Fsp3) is 0.812. The standard InChI is InChI=1S/C16H31N5O2.HI/c1-11(2)19-14(22)10-18-16(17-3)20-13-8-6-7-12(9-13)15(23)21(4)5;/h11-13H,6-10H2,1-5H3,(H,19,22)(H2,17,18,20);1H. The van der Waals surface area contributed by atoms with Gasteiger partial charge in [0.25, 0.3) is 0 Å². The molecule has 0 aromatic rings. The van der Waals surface area contributed by atoms with Crippen molar-refractivity contribution in [3.8, 4) is 0 Å². The van der Waals surface area contributed by atoms with Crippen molar-refractivity contribution in [3.63, 3.8) is 0 Å². The third-order valence-electron chi connectivity index (χ3n) is 3.89. The predicted molar refractivity (Wildman–Crippen MR) is 108 cm³/mol. The number of carbonyl (C=O) groups is 2. The lowest BCUT2D eigenvalue weighted by molar-refractivity contribution is -0.134. The maximum atomic E-state index is 12.1. The normalized spacial score (nSPS) is 20.8. The fourth-order valence-electron chi connectivity index (χ4n) is 2.84. The Morgan fingerprint density at radius 1 is 1.25 bits per heavy atom. The number of amides is 2. The van der Waals surface area contributed by atoms with Crippen LogP contribution < -0.4 is 16.0 Å². The Balaban J connectivity index is 0.00000529. The van der Waals surface area contributed by atoms with Crippen molar-refractivity contribution >= 4 is 41.8 Å². The summed E-state index contributed by atoms with van der Waals surface area (Å²) in [7, 11) is 5.28. The Kier molecular flexibility index (Phi) is 11.0. The first-order chi connectivity index (χ1) is 10.8. The number of halogens is 1. The second-order valence-electron chi connectivity index (χ2n) is 6.59. The van der Waals surface area contributed by atoms with Crippen LogP contribution in [0.15, 0.2) is 4.99 Å². The SMILES string of the molecule is CN=C(NCC(=O)NC(C)C)NC1CCCC(C(=O)N(C)C)C1.I. The number of hydrogen-bond acceptors (Lipinski definition) is 3. The van der Waals surface area contributed by atoms with Crippen molar-refractivity contribution in [2.75, 3.05) is 27.7 Å². The van der Waals surface area contributed by atoms with E-state index in [1.54, 1.807) is 26.0 Å². The van der Waals surface area contributed by atoms with Crippen LogP contribution in [0.25, 0.3) is 0 Å². The Hall–Kier alpha value is -1.06. The number of rotatable bonds is 5. The fourth-order valence-corrected chi connectivity index (χ4v) is 2.84. The summed E-state index contributed by atoms with van der Waals surface area (Å²) in [5, 5.41) is 9.17. The highest BCUT2D eigenvalue weighted by atomic mass is 127. The van der Waals surface area contributed by atoms with Crippen LogP contribution in [-0.2, 0) is 9.59 Å². The van der Waals surface area contributed by atoms with Crippen molar-refractivity contribution in [2.45, 2.75) is 51.6 Å². The smallest absolute Gasteiger partial charge is 0.239 e. The first-order valence-electron chi connectivity index (χ1n) is 8.31. The van der Waals surface area contributed by atoms with Crippen LogP contribution in [0.1, 0.15) is 39.5 Å². The van der Waals surface area contributed by atoms with E-state index in [1.165, 1.54) is 0 Å². The van der Waals surface area contributed by atoms with Gasteiger partial charge in [-0.2, -0.15) is 0 Å². The lowest BCUT2D eigenvalue weighted by Crippen LogP contribution is -2.49. The zero-order valence-electron chi connectivity index (χ0n) is 15.4. The van der Waals surface area contributed by atoms with Gasteiger partial charge in [0.05, 0.1) is 6.54 Å². The maximum absolute atomic E-state index is 12.1. The molecule has 1 saturated carbocycles. The summed E-state index contributed by atoms with van der Waals surface area (Å²) in [5.41, 5.74) is 0. The van der Waals surface area contributed by atoms with Crippen molar-refractivity contribution in [2.24, 2.45) is 10.9 Å². The topological polar surface area (TPSA) is 85.8 Å². The summed E-state index contributed by atoms with van der Waals surface area (Å²) < 4.78 is 0. The lowest BCUT2D eigenvalue weighted by atomic mass is 9.85. The lowest BCUT2D eigenvalue weighted by Gasteiger charge is -2.31. The van der Waals surface area contributed by atoms with Crippen LogP contribution in [0.2, 0.25) is 0 Å². The first kappa shape index (κ1) is 22.9. The van der Waals surface area contributed by atoms with Gasteiger partial charge in [0.15, 0.2) is 5.96 Å². The van der Waals surface area contributed by atoms with Gasteiger partial charge in [-0.15, -0.1) is 24.0 Å². The molecule has 0 bridgehead atoms. The van der Waals surface area contributed by atoms with E-state index < -0.39 is 0 Å². The minimum absolute atomic E-state index is 0. The second-order valence-corrected chi connectivity index (χ2v) is 6.59. The maximum Gasteiger partial charge on any atom is 0.239 e. The Bertz CT molecular complexity index is 440. The summed E-state index contributed by atoms with van der Waals surface area (Å²) in [6.07, 6.45) is 3.77. The average Bonchev–Trinajstić information content (AvgIpc) is 2.50. The van der Waals surface area contributed by atoms with Crippen molar-refractivity contribution in [1.29, 1.82) is 0 Å². The predicted octanol–water partition coefficient (Wildman–Crippen LogP) is 0.941. The zero-order chi connectivity index (χ0) is 17.4. The van der Waals surface area contributed by atoms with E-state index in [0.29, 0.717) is 5.96 Å². The van der Waals surface area contributed by atoms with Crippen molar-refractivity contribution in [1.82, 2.24) is 20.9 Å². The molecule has 1 rings (SSSR count). The van der Waals surface area contributed by atoms with Crippen LogP contribution in [0.4, 0.5) is 0 Å². The van der Waals surface area contributed by atoms with E-state index in [0.717, 1.165) is 25.7 Å². The van der Waals surface area contributed by atoms with Crippen molar-refractivity contribution in [3.05, 3.63) is 0 Å². The van der Waals surface area contributed by atoms with Crippen LogP contribution in [0.3, 0.4) is 0 Å². The number of nitrogens with one attached hydrogen (secondary N) is 3. The quantitative estimate of drug-likeness (QED) is 0.329. The highest BCUT2D eigenvalue weighted by molar-refractivity contribution is 14.0. The molecule has 0 heterocycles. The molecule has 0 aliphatic heterocycles. The minimum atomic E-state index is -0.0627. The van der Waals surface area contributed by atoms with Crippen LogP contribution in [0.5, 0.6) is 0 Å². The minimum Gasteiger partial charge on any atom is -0.354 e. The van der Waals surface area contributed by atoms with E-state index in [1.807, 2.05) is 13.8 Å². The molecule has 3 N–H and O–H groups in total. The van der Waals surface area contributed by atoms with Crippen LogP contribution in [-0.4, -0.2) is 62.4 Å². The van der Waals surface area contributed by atoms with Gasteiger partial charge in [-0.1, -0.05) is 6.42 Å². The van der Waals surface area contributed by atoms with Gasteiger partial charge in [0, 0.05) is 39.1 Å². The molecule has 0 spiro atoms. The van der Waals surface area contributed by atoms with Gasteiger partial charge in [0.2, 0.25) is 11.8 Å². The van der Waals surface area contributed by atoms with E-state index in [2.05, 4.69) is 20.9 Å². The van der Waals surface area contributed by atoms with Gasteiger partial charge in [-0.25, -0.2) is 0 Å². The molecule has 1 fully saturated rings. The van der Waals surface area contributed by atoms with Crippen molar-refractivity contribution < 1.29 is 9.59 Å². The largest absolute Gasteiger partial charge is 0.354 e. The molecule has 2 unspecified atom stereocenters. The van der Waals surface area contributed by atoms with Gasteiger partial charge in [-0.3, -0.25) is 14.6 Å². The Morgan fingerprint density at radius 2 is 1.92 bits per heavy atom. The number of guanidine groups is 1. The second kappa shape index (κ2) is 11.5. The monoisotopic (exact) mass is 453 g/mol. The Labute approximate surface area is 162 Å². The first-order valence-corrected chi connectivity index (χ1v) is 8.31. The highest BCUT2D eigenvalue weighted by Gasteiger charge is 2.28. The van der Waals surface area contributed by atoms with E-state index in [4.69, 9.17) is 0 Å². The average molecular weight is 453 g/mol. The summed E-state index contributed by atoms with van der Waals surface area (Å²) in [4.78, 5) is 29.6. The Morgan fingerprint density at radius 3 is 2.46 bits per heavy atom. The molecule has 2 amide bonds. The number of carbonyl (C=O) groups excluding carboxylic acids is 2. The van der Waals surface area contributed by atoms with Gasteiger partial charge < -0.3 is 20.9 Å². The number of aliphatic imine (C=N–C) groups is 1. The summed E-state index contributed by atoms with van der Waals surface area (Å²) in [5.74, 6) is 0.800. The molecule has 0 aromatic heterocycles. The summed E-state index contributed by atoms with van der Waals surface area (Å²) in [6.45, 7) is 4.04. The molecule has 0 aromatic carbocycles. The molecule has 24 heavy (non-hydrogen) atoms. The van der Waals surface area contributed by atoms with E-state index in [-0.39, 0.29) is 60.3 Å². The number of hydrogen-bond donors (Lipinski definition) is 3. The molecule has 140 valence electrons. The van der Waals surface area contributed by atoms with E-state index >= 15 is 0 Å². The molecule has 0 radical (unpaired) electrons. The van der Waals surface area contributed by atoms with Gasteiger partial charge >= 0.3 is 0 Å². The summed E-state index contributed by atoms with van der Waals surface area (Å²) in [6, 6.07) is 0.326. The molecule has 1 aliphatic rings. The van der Waals surface area contributed by atoms with Gasteiger partial charge in [0.1, 0.15) is 0 Å². The molecule has 1 aliphatic carbocycles.